The molecule has 2 aliphatic rings. The summed E-state index contributed by atoms with van der Waals surface area (Å²) < 4.78 is 5.53. The van der Waals surface area contributed by atoms with Crippen LogP contribution in [0.25, 0.3) is 11.1 Å². The molecule has 37 heavy (non-hydrogen) atoms. The largest absolute Gasteiger partial charge is 0.480 e. The minimum absolute atomic E-state index is 0.0682. The Balaban J connectivity index is 1.08. The number of hydrogen-bond donors (Lipinski definition) is 2. The van der Waals surface area contributed by atoms with Crippen LogP contribution in [0.2, 0.25) is 0 Å². The van der Waals surface area contributed by atoms with Crippen LogP contribution in [0.5, 0.6) is 0 Å². The van der Waals surface area contributed by atoms with Crippen molar-refractivity contribution in [1.29, 1.82) is 0 Å². The fourth-order valence-corrected chi connectivity index (χ4v) is 5.18. The zero-order chi connectivity index (χ0) is 25.6. The predicted molar refractivity (Wildman–Crippen MR) is 140 cm³/mol. The van der Waals surface area contributed by atoms with Gasteiger partial charge in [-0.1, -0.05) is 48.5 Å². The number of rotatable bonds is 9. The molecule has 192 valence electrons. The number of aromatic nitrogens is 2. The number of nitrogens with zero attached hydrogens (tertiary/aromatic N) is 4. The number of anilines is 1. The number of carbonyl (C=O) groups is 2. The number of carbonyl (C=O) groups excluding carboxylic acids is 1. The molecule has 5 rings (SSSR count). The van der Waals surface area contributed by atoms with E-state index in [0.717, 1.165) is 60.9 Å². The van der Waals surface area contributed by atoms with Gasteiger partial charge >= 0.3 is 12.1 Å². The van der Waals surface area contributed by atoms with Gasteiger partial charge in [-0.3, -0.25) is 4.90 Å². The van der Waals surface area contributed by atoms with E-state index < -0.39 is 18.1 Å². The maximum absolute atomic E-state index is 12.5. The summed E-state index contributed by atoms with van der Waals surface area (Å²) in [4.78, 5) is 37.4. The lowest BCUT2D eigenvalue weighted by molar-refractivity contribution is -0.139. The van der Waals surface area contributed by atoms with Gasteiger partial charge in [0.05, 0.1) is 0 Å². The second-order valence-corrected chi connectivity index (χ2v) is 9.38. The van der Waals surface area contributed by atoms with E-state index in [4.69, 9.17) is 4.74 Å². The van der Waals surface area contributed by atoms with E-state index in [-0.39, 0.29) is 12.5 Å². The predicted octanol–water partition coefficient (Wildman–Crippen LogP) is 3.37. The fraction of sp³-hybridized carbons (Fsp3) is 0.357. The minimum atomic E-state index is -1.06. The summed E-state index contributed by atoms with van der Waals surface area (Å²) in [7, 11) is 0. The first-order valence-corrected chi connectivity index (χ1v) is 12.7. The average Bonchev–Trinajstić information content (AvgIpc) is 3.26. The van der Waals surface area contributed by atoms with E-state index in [9.17, 15) is 14.7 Å². The molecular formula is C28H31N5O4. The summed E-state index contributed by atoms with van der Waals surface area (Å²) in [5, 5.41) is 12.2. The maximum Gasteiger partial charge on any atom is 0.407 e. The Morgan fingerprint density at radius 1 is 0.946 bits per heavy atom. The number of carboxylic acids is 1. The van der Waals surface area contributed by atoms with E-state index in [1.165, 1.54) is 0 Å². The lowest BCUT2D eigenvalue weighted by Crippen LogP contribution is -2.47. The Labute approximate surface area is 216 Å². The summed E-state index contributed by atoms with van der Waals surface area (Å²) in [6, 6.07) is 17.0. The first-order chi connectivity index (χ1) is 18.1. The number of benzene rings is 2. The number of hydrogen-bond acceptors (Lipinski definition) is 7. The Morgan fingerprint density at radius 2 is 1.57 bits per heavy atom. The van der Waals surface area contributed by atoms with Gasteiger partial charge in [0.25, 0.3) is 0 Å². The van der Waals surface area contributed by atoms with Gasteiger partial charge in [-0.05, 0) is 47.7 Å². The van der Waals surface area contributed by atoms with Crippen LogP contribution in [-0.4, -0.2) is 77.4 Å². The van der Waals surface area contributed by atoms with Crippen LogP contribution in [0, 0.1) is 0 Å². The highest BCUT2D eigenvalue weighted by Gasteiger charge is 2.30. The summed E-state index contributed by atoms with van der Waals surface area (Å²) >= 11 is 0. The lowest BCUT2D eigenvalue weighted by atomic mass is 9.98. The van der Waals surface area contributed by atoms with Crippen LogP contribution in [0.15, 0.2) is 67.0 Å². The molecule has 9 nitrogen and oxygen atoms in total. The Kier molecular flexibility index (Phi) is 7.60. The topological polar surface area (TPSA) is 108 Å². The van der Waals surface area contributed by atoms with E-state index >= 15 is 0 Å². The van der Waals surface area contributed by atoms with Crippen molar-refractivity contribution in [2.75, 3.05) is 44.2 Å². The fourth-order valence-electron chi connectivity index (χ4n) is 5.18. The number of alkyl carbamates (subject to hydrolysis) is 1. The van der Waals surface area contributed by atoms with Crippen molar-refractivity contribution in [3.05, 3.63) is 78.1 Å². The molecule has 0 saturated carbocycles. The minimum Gasteiger partial charge on any atom is -0.480 e. The van der Waals surface area contributed by atoms with Crippen LogP contribution < -0.4 is 10.2 Å². The Hall–Kier alpha value is -3.98. The molecule has 1 aliphatic carbocycles. The van der Waals surface area contributed by atoms with Gasteiger partial charge in [0.2, 0.25) is 5.95 Å². The number of piperazine rings is 1. The van der Waals surface area contributed by atoms with Crippen molar-refractivity contribution in [3.63, 3.8) is 0 Å². The van der Waals surface area contributed by atoms with Crippen LogP contribution in [0.1, 0.15) is 29.9 Å². The molecule has 1 aliphatic heterocycles. The molecule has 1 fully saturated rings. The van der Waals surface area contributed by atoms with E-state index in [0.29, 0.717) is 12.8 Å². The first kappa shape index (κ1) is 24.7. The third-order valence-corrected chi connectivity index (χ3v) is 7.11. The summed E-state index contributed by atoms with van der Waals surface area (Å²) in [5.41, 5.74) is 4.52. The van der Waals surface area contributed by atoms with Gasteiger partial charge in [0, 0.05) is 44.5 Å². The summed E-state index contributed by atoms with van der Waals surface area (Å²) in [6.45, 7) is 4.28. The summed E-state index contributed by atoms with van der Waals surface area (Å²) in [5.74, 6) is -0.388. The SMILES string of the molecule is O=C(NC(CCCN1CCN(c2ncccn2)CC1)C(=O)O)OCC1c2ccccc2-c2ccccc21. The average molecular weight is 502 g/mol. The molecule has 0 spiro atoms. The van der Waals surface area contributed by atoms with Crippen molar-refractivity contribution in [2.45, 2.75) is 24.8 Å². The smallest absolute Gasteiger partial charge is 0.407 e. The zero-order valence-electron chi connectivity index (χ0n) is 20.6. The monoisotopic (exact) mass is 501 g/mol. The van der Waals surface area contributed by atoms with Gasteiger partial charge in [0.1, 0.15) is 12.6 Å². The maximum atomic E-state index is 12.5. The highest BCUT2D eigenvalue weighted by molar-refractivity contribution is 5.81. The molecule has 0 bridgehead atoms. The highest BCUT2D eigenvalue weighted by Crippen LogP contribution is 2.44. The zero-order valence-corrected chi connectivity index (χ0v) is 20.6. The number of amides is 1. The first-order valence-electron chi connectivity index (χ1n) is 12.7. The molecule has 2 heterocycles. The van der Waals surface area contributed by atoms with Gasteiger partial charge in [0.15, 0.2) is 0 Å². The van der Waals surface area contributed by atoms with Crippen molar-refractivity contribution in [1.82, 2.24) is 20.2 Å². The van der Waals surface area contributed by atoms with E-state index in [2.05, 4.69) is 37.2 Å². The quantitative estimate of drug-likeness (QED) is 0.460. The number of aliphatic carboxylic acids is 1. The third-order valence-electron chi connectivity index (χ3n) is 7.11. The molecule has 1 aromatic heterocycles. The second kappa shape index (κ2) is 11.4. The molecule has 0 radical (unpaired) electrons. The summed E-state index contributed by atoms with van der Waals surface area (Å²) in [6.07, 6.45) is 3.77. The standard InChI is InChI=1S/C28H31N5O4/c34-26(35)25(11-5-14-32-15-17-33(18-16-32)27-29-12-6-13-30-27)31-28(36)37-19-24-22-9-3-1-7-20(22)21-8-2-4-10-23(21)24/h1-4,6-10,12-13,24-25H,5,11,14-19H2,(H,31,36)(H,34,35). The number of ether oxygens (including phenoxy) is 1. The number of nitrogens with one attached hydrogen (secondary N) is 1. The second-order valence-electron chi connectivity index (χ2n) is 9.38. The van der Waals surface area contributed by atoms with Crippen molar-refractivity contribution in [2.24, 2.45) is 0 Å². The third kappa shape index (κ3) is 5.72. The molecule has 2 aromatic carbocycles. The van der Waals surface area contributed by atoms with Gasteiger partial charge in [-0.15, -0.1) is 0 Å². The molecular weight excluding hydrogens is 470 g/mol. The number of carboxylic acid groups (broad SMARTS) is 1. The molecule has 9 heteroatoms. The molecule has 1 unspecified atom stereocenters. The molecule has 3 aromatic rings. The van der Waals surface area contributed by atoms with Crippen molar-refractivity contribution >= 4 is 18.0 Å². The Morgan fingerprint density at radius 3 is 2.19 bits per heavy atom. The normalized spacial score (nSPS) is 16.1. The van der Waals surface area contributed by atoms with Crippen LogP contribution >= 0.6 is 0 Å². The van der Waals surface area contributed by atoms with Crippen LogP contribution in [0.3, 0.4) is 0 Å². The molecule has 1 atom stereocenters. The van der Waals surface area contributed by atoms with Crippen molar-refractivity contribution < 1.29 is 19.4 Å². The Bertz CT molecular complexity index is 1180. The molecule has 1 saturated heterocycles. The highest BCUT2D eigenvalue weighted by atomic mass is 16.5. The van der Waals surface area contributed by atoms with E-state index in [1.807, 2.05) is 36.4 Å². The van der Waals surface area contributed by atoms with E-state index in [1.54, 1.807) is 18.5 Å². The molecule has 1 amide bonds. The van der Waals surface area contributed by atoms with Crippen molar-refractivity contribution in [3.8, 4) is 11.1 Å². The van der Waals surface area contributed by atoms with Gasteiger partial charge < -0.3 is 20.1 Å². The van der Waals surface area contributed by atoms with Gasteiger partial charge in [-0.2, -0.15) is 0 Å². The lowest BCUT2D eigenvalue weighted by Gasteiger charge is -2.34. The van der Waals surface area contributed by atoms with Crippen LogP contribution in [-0.2, 0) is 9.53 Å². The number of fused-ring (bicyclic) bond motifs is 3. The molecule has 2 N–H and O–H groups in total. The van der Waals surface area contributed by atoms with Gasteiger partial charge in [-0.25, -0.2) is 19.6 Å². The van der Waals surface area contributed by atoms with Crippen LogP contribution in [0.4, 0.5) is 10.7 Å².